The Bertz CT molecular complexity index is 541. The number of likely N-dealkylation sites (tertiary alicyclic amines) is 1. The third kappa shape index (κ3) is 3.17. The molecule has 19 heavy (non-hydrogen) atoms. The van der Waals surface area contributed by atoms with Crippen LogP contribution in [0.1, 0.15) is 11.1 Å². The smallest absolute Gasteiger partial charge is 0.0518 e. The molecule has 3 rings (SSSR count). The highest BCUT2D eigenvalue weighted by atomic mass is 35.5. The van der Waals surface area contributed by atoms with Gasteiger partial charge in [-0.05, 0) is 30.2 Å². The van der Waals surface area contributed by atoms with Crippen molar-refractivity contribution in [3.8, 4) is 0 Å². The SMILES string of the molecule is Cc1cnn(CC2CN(Cc3ccc(Cl)cc3)C2)c1. The van der Waals surface area contributed by atoms with Gasteiger partial charge in [-0.2, -0.15) is 5.10 Å². The molecule has 1 fully saturated rings. The Morgan fingerprint density at radius 2 is 2.00 bits per heavy atom. The largest absolute Gasteiger partial charge is 0.298 e. The number of aryl methyl sites for hydroxylation is 1. The monoisotopic (exact) mass is 275 g/mol. The van der Waals surface area contributed by atoms with Crippen LogP contribution in [-0.4, -0.2) is 27.8 Å². The minimum absolute atomic E-state index is 0.728. The number of hydrogen-bond donors (Lipinski definition) is 0. The quantitative estimate of drug-likeness (QED) is 0.855. The van der Waals surface area contributed by atoms with Crippen molar-refractivity contribution in [3.05, 3.63) is 52.8 Å². The van der Waals surface area contributed by atoms with E-state index in [-0.39, 0.29) is 0 Å². The van der Waals surface area contributed by atoms with Crippen LogP contribution in [0.2, 0.25) is 5.02 Å². The molecule has 0 N–H and O–H groups in total. The molecular weight excluding hydrogens is 258 g/mol. The zero-order chi connectivity index (χ0) is 13.2. The molecule has 0 saturated carbocycles. The van der Waals surface area contributed by atoms with Crippen molar-refractivity contribution in [2.24, 2.45) is 5.92 Å². The molecule has 1 saturated heterocycles. The van der Waals surface area contributed by atoms with Crippen LogP contribution in [0.5, 0.6) is 0 Å². The van der Waals surface area contributed by atoms with Gasteiger partial charge < -0.3 is 0 Å². The molecule has 3 nitrogen and oxygen atoms in total. The van der Waals surface area contributed by atoms with E-state index in [2.05, 4.69) is 39.9 Å². The number of aromatic nitrogens is 2. The van der Waals surface area contributed by atoms with Gasteiger partial charge in [-0.3, -0.25) is 9.58 Å². The van der Waals surface area contributed by atoms with Crippen LogP contribution >= 0.6 is 11.6 Å². The van der Waals surface area contributed by atoms with Crippen LogP contribution < -0.4 is 0 Å². The summed E-state index contributed by atoms with van der Waals surface area (Å²) in [5.41, 5.74) is 2.56. The third-order valence-electron chi connectivity index (χ3n) is 3.56. The van der Waals surface area contributed by atoms with E-state index in [1.807, 2.05) is 18.3 Å². The Balaban J connectivity index is 1.46. The predicted molar refractivity (Wildman–Crippen MR) is 77.2 cm³/mol. The fourth-order valence-corrected chi connectivity index (χ4v) is 2.73. The number of halogens is 1. The van der Waals surface area contributed by atoms with E-state index in [9.17, 15) is 0 Å². The predicted octanol–water partition coefficient (Wildman–Crippen LogP) is 2.98. The molecule has 0 atom stereocenters. The minimum atomic E-state index is 0.728. The first-order chi connectivity index (χ1) is 9.19. The lowest BCUT2D eigenvalue weighted by atomic mass is 9.99. The van der Waals surface area contributed by atoms with Crippen LogP contribution in [-0.2, 0) is 13.1 Å². The van der Waals surface area contributed by atoms with Crippen molar-refractivity contribution in [1.82, 2.24) is 14.7 Å². The summed E-state index contributed by atoms with van der Waals surface area (Å²) in [6.07, 6.45) is 4.03. The van der Waals surface area contributed by atoms with E-state index in [0.29, 0.717) is 0 Å². The van der Waals surface area contributed by atoms with Crippen LogP contribution in [0.15, 0.2) is 36.7 Å². The van der Waals surface area contributed by atoms with Crippen molar-refractivity contribution < 1.29 is 0 Å². The van der Waals surface area contributed by atoms with Gasteiger partial charge in [0, 0.05) is 43.3 Å². The molecule has 2 aromatic rings. The molecule has 0 aliphatic carbocycles. The average molecular weight is 276 g/mol. The van der Waals surface area contributed by atoms with E-state index in [1.54, 1.807) is 0 Å². The van der Waals surface area contributed by atoms with E-state index in [1.165, 1.54) is 11.1 Å². The normalized spacial score (nSPS) is 16.5. The lowest BCUT2D eigenvalue weighted by Crippen LogP contribution is -2.47. The van der Waals surface area contributed by atoms with E-state index >= 15 is 0 Å². The van der Waals surface area contributed by atoms with Gasteiger partial charge in [0.05, 0.1) is 6.20 Å². The maximum absolute atomic E-state index is 5.89. The first-order valence-corrected chi connectivity index (χ1v) is 7.03. The Kier molecular flexibility index (Phi) is 3.58. The second-order valence-electron chi connectivity index (χ2n) is 5.43. The highest BCUT2D eigenvalue weighted by Gasteiger charge is 2.26. The molecule has 1 aliphatic rings. The second-order valence-corrected chi connectivity index (χ2v) is 5.86. The van der Waals surface area contributed by atoms with Crippen molar-refractivity contribution >= 4 is 11.6 Å². The molecule has 0 amide bonds. The summed E-state index contributed by atoms with van der Waals surface area (Å²) in [6.45, 7) is 6.44. The van der Waals surface area contributed by atoms with Crippen molar-refractivity contribution in [3.63, 3.8) is 0 Å². The highest BCUT2D eigenvalue weighted by Crippen LogP contribution is 2.21. The Hall–Kier alpha value is -1.32. The van der Waals surface area contributed by atoms with Crippen LogP contribution in [0.4, 0.5) is 0 Å². The van der Waals surface area contributed by atoms with Crippen molar-refractivity contribution in [2.45, 2.75) is 20.0 Å². The van der Waals surface area contributed by atoms with Gasteiger partial charge in [0.1, 0.15) is 0 Å². The second kappa shape index (κ2) is 5.35. The first-order valence-electron chi connectivity index (χ1n) is 6.65. The molecule has 1 aromatic carbocycles. The van der Waals surface area contributed by atoms with Crippen molar-refractivity contribution in [1.29, 1.82) is 0 Å². The zero-order valence-corrected chi connectivity index (χ0v) is 11.8. The molecule has 0 bridgehead atoms. The van der Waals surface area contributed by atoms with E-state index in [4.69, 9.17) is 11.6 Å². The maximum Gasteiger partial charge on any atom is 0.0518 e. The highest BCUT2D eigenvalue weighted by molar-refractivity contribution is 6.30. The molecule has 0 unspecified atom stereocenters. The molecule has 1 aliphatic heterocycles. The summed E-state index contributed by atoms with van der Waals surface area (Å²) in [6, 6.07) is 8.13. The minimum Gasteiger partial charge on any atom is -0.298 e. The summed E-state index contributed by atoms with van der Waals surface area (Å²) in [7, 11) is 0. The summed E-state index contributed by atoms with van der Waals surface area (Å²) < 4.78 is 2.06. The summed E-state index contributed by atoms with van der Waals surface area (Å²) in [4.78, 5) is 2.46. The molecule has 2 heterocycles. The lowest BCUT2D eigenvalue weighted by Gasteiger charge is -2.39. The Labute approximate surface area is 118 Å². The van der Waals surface area contributed by atoms with Gasteiger partial charge >= 0.3 is 0 Å². The first kappa shape index (κ1) is 12.7. The fraction of sp³-hybridized carbons (Fsp3) is 0.400. The summed E-state index contributed by atoms with van der Waals surface area (Å²) >= 11 is 5.89. The van der Waals surface area contributed by atoms with E-state index < -0.39 is 0 Å². The zero-order valence-electron chi connectivity index (χ0n) is 11.1. The standard InChI is InChI=1S/C15H18ClN3/c1-12-6-17-19(7-12)11-14-9-18(10-14)8-13-2-4-15(16)5-3-13/h2-7,14H,8-11H2,1H3. The van der Waals surface area contributed by atoms with Gasteiger partial charge in [-0.15, -0.1) is 0 Å². The fourth-order valence-electron chi connectivity index (χ4n) is 2.60. The van der Waals surface area contributed by atoms with Crippen LogP contribution in [0.25, 0.3) is 0 Å². The van der Waals surface area contributed by atoms with E-state index in [0.717, 1.165) is 37.1 Å². The van der Waals surface area contributed by atoms with Gasteiger partial charge in [-0.25, -0.2) is 0 Å². The molecular formula is C15H18ClN3. The molecule has 4 heteroatoms. The molecule has 0 radical (unpaired) electrons. The number of nitrogens with zero attached hydrogens (tertiary/aromatic N) is 3. The molecule has 100 valence electrons. The third-order valence-corrected chi connectivity index (χ3v) is 3.81. The summed E-state index contributed by atoms with van der Waals surface area (Å²) in [5, 5.41) is 5.14. The lowest BCUT2D eigenvalue weighted by molar-refractivity contribution is 0.0778. The molecule has 0 spiro atoms. The Morgan fingerprint density at radius 3 is 2.63 bits per heavy atom. The van der Waals surface area contributed by atoms with Gasteiger partial charge in [-0.1, -0.05) is 23.7 Å². The van der Waals surface area contributed by atoms with Gasteiger partial charge in [0.15, 0.2) is 0 Å². The van der Waals surface area contributed by atoms with Crippen molar-refractivity contribution in [2.75, 3.05) is 13.1 Å². The van der Waals surface area contributed by atoms with Crippen LogP contribution in [0.3, 0.4) is 0 Å². The van der Waals surface area contributed by atoms with Gasteiger partial charge in [0.2, 0.25) is 0 Å². The number of rotatable bonds is 4. The molecule has 1 aromatic heterocycles. The number of hydrogen-bond acceptors (Lipinski definition) is 2. The maximum atomic E-state index is 5.89. The number of benzene rings is 1. The summed E-state index contributed by atoms with van der Waals surface area (Å²) in [5.74, 6) is 0.728. The average Bonchev–Trinajstić information content (AvgIpc) is 2.75. The topological polar surface area (TPSA) is 21.1 Å². The van der Waals surface area contributed by atoms with Crippen LogP contribution in [0, 0.1) is 12.8 Å². The Morgan fingerprint density at radius 1 is 1.26 bits per heavy atom. The van der Waals surface area contributed by atoms with Gasteiger partial charge in [0.25, 0.3) is 0 Å².